The molecule has 1 saturated heterocycles. The maximum absolute atomic E-state index is 12.6. The van der Waals surface area contributed by atoms with Gasteiger partial charge in [0, 0.05) is 19.6 Å². The van der Waals surface area contributed by atoms with Gasteiger partial charge in [-0.15, -0.1) is 5.10 Å². The first-order valence-electron chi connectivity index (χ1n) is 8.42. The fourth-order valence-corrected chi connectivity index (χ4v) is 2.67. The Morgan fingerprint density at radius 2 is 2.21 bits per heavy atom. The molecule has 4 heterocycles. The Labute approximate surface area is 158 Å². The van der Waals surface area contributed by atoms with Gasteiger partial charge in [-0.3, -0.25) is 9.69 Å². The lowest BCUT2D eigenvalue weighted by atomic mass is 10.2. The van der Waals surface area contributed by atoms with E-state index in [0.717, 1.165) is 0 Å². The summed E-state index contributed by atoms with van der Waals surface area (Å²) in [6.45, 7) is 2.99. The van der Waals surface area contributed by atoms with Gasteiger partial charge in [-0.25, -0.2) is 10.1 Å². The molecule has 4 rings (SSSR count). The van der Waals surface area contributed by atoms with Gasteiger partial charge in [0.2, 0.25) is 11.6 Å². The molecule has 0 bridgehead atoms. The lowest BCUT2D eigenvalue weighted by Gasteiger charge is -2.26. The summed E-state index contributed by atoms with van der Waals surface area (Å²) in [5.74, 6) is 0.163. The van der Waals surface area contributed by atoms with E-state index in [1.54, 1.807) is 12.1 Å². The molecule has 3 aromatic rings. The third-order valence-corrected chi connectivity index (χ3v) is 4.05. The van der Waals surface area contributed by atoms with Crippen LogP contribution in [0.4, 0.5) is 5.82 Å². The first-order chi connectivity index (χ1) is 13.7. The third-order valence-electron chi connectivity index (χ3n) is 4.05. The highest BCUT2D eigenvalue weighted by atomic mass is 16.6. The van der Waals surface area contributed by atoms with Gasteiger partial charge in [-0.05, 0) is 22.4 Å². The average molecular weight is 387 g/mol. The second-order valence-corrected chi connectivity index (χ2v) is 5.87. The van der Waals surface area contributed by atoms with Crippen LogP contribution in [-0.2, 0) is 11.3 Å². The van der Waals surface area contributed by atoms with Gasteiger partial charge in [-0.2, -0.15) is 9.78 Å². The summed E-state index contributed by atoms with van der Waals surface area (Å²) in [5.41, 5.74) is 8.75. The largest absolute Gasteiger partial charge is 0.463 e. The van der Waals surface area contributed by atoms with E-state index in [9.17, 15) is 4.79 Å². The van der Waals surface area contributed by atoms with Crippen molar-refractivity contribution in [3.05, 3.63) is 35.5 Å². The molecule has 0 saturated carbocycles. The Kier molecular flexibility index (Phi) is 5.07. The maximum atomic E-state index is 12.6. The number of hydrogen-bond donors (Lipinski definition) is 2. The van der Waals surface area contributed by atoms with Crippen LogP contribution in [0.3, 0.4) is 0 Å². The molecule has 1 aliphatic rings. The van der Waals surface area contributed by atoms with Crippen LogP contribution >= 0.6 is 0 Å². The van der Waals surface area contributed by atoms with E-state index in [1.807, 2.05) is 0 Å². The van der Waals surface area contributed by atoms with E-state index in [2.05, 4.69) is 40.7 Å². The average Bonchev–Trinajstić information content (AvgIpc) is 3.44. The van der Waals surface area contributed by atoms with Crippen LogP contribution in [0.25, 0.3) is 5.82 Å². The number of carbonyl (C=O) groups is 1. The number of nitrogens with zero attached hydrogens (tertiary/aromatic N) is 7. The quantitative estimate of drug-likeness (QED) is 0.413. The van der Waals surface area contributed by atoms with Crippen molar-refractivity contribution in [2.75, 3.05) is 32.0 Å². The Morgan fingerprint density at radius 1 is 1.36 bits per heavy atom. The molecule has 3 N–H and O–H groups in total. The topological polar surface area (TPSA) is 163 Å². The van der Waals surface area contributed by atoms with Gasteiger partial charge in [-0.1, -0.05) is 5.21 Å². The number of carbonyl (C=O) groups excluding carboxylic acids is 1. The number of amides is 1. The van der Waals surface area contributed by atoms with Crippen LogP contribution in [0.5, 0.6) is 0 Å². The summed E-state index contributed by atoms with van der Waals surface area (Å²) in [6.07, 6.45) is 2.88. The zero-order valence-corrected chi connectivity index (χ0v) is 14.7. The molecule has 1 aliphatic heterocycles. The molecule has 1 fully saturated rings. The second kappa shape index (κ2) is 7.98. The molecule has 28 heavy (non-hydrogen) atoms. The molecule has 1 amide bonds. The molecule has 146 valence electrons. The van der Waals surface area contributed by atoms with Crippen LogP contribution in [0.1, 0.15) is 21.9 Å². The minimum atomic E-state index is -0.535. The SMILES string of the molecule is Nc1nonc1-n1nnc(C(=O)N/N=C/c2ccco2)c1CN1CCOCC1. The van der Waals surface area contributed by atoms with Crippen LogP contribution in [0.2, 0.25) is 0 Å². The highest BCUT2D eigenvalue weighted by Crippen LogP contribution is 2.18. The number of rotatable bonds is 6. The van der Waals surface area contributed by atoms with E-state index in [1.165, 1.54) is 17.2 Å². The predicted octanol–water partition coefficient (Wildman–Crippen LogP) is -0.578. The predicted molar refractivity (Wildman–Crippen MR) is 93.5 cm³/mol. The summed E-state index contributed by atoms with van der Waals surface area (Å²) in [6, 6.07) is 3.42. The summed E-state index contributed by atoms with van der Waals surface area (Å²) in [4.78, 5) is 14.7. The first kappa shape index (κ1) is 17.8. The monoisotopic (exact) mass is 387 g/mol. The van der Waals surface area contributed by atoms with E-state index in [4.69, 9.17) is 14.9 Å². The van der Waals surface area contributed by atoms with Crippen molar-refractivity contribution < 1.29 is 18.6 Å². The van der Waals surface area contributed by atoms with Crippen LogP contribution < -0.4 is 11.2 Å². The fraction of sp³-hybridized carbons (Fsp3) is 0.333. The van der Waals surface area contributed by atoms with Crippen molar-refractivity contribution in [1.29, 1.82) is 0 Å². The number of nitrogens with two attached hydrogens (primary N) is 1. The molecule has 0 spiro atoms. The Hall–Kier alpha value is -3.58. The number of morpholine rings is 1. The van der Waals surface area contributed by atoms with Crippen molar-refractivity contribution >= 4 is 17.9 Å². The number of hydrogen-bond acceptors (Lipinski definition) is 11. The van der Waals surface area contributed by atoms with Crippen LogP contribution in [0.15, 0.2) is 32.5 Å². The highest BCUT2D eigenvalue weighted by molar-refractivity contribution is 5.94. The van der Waals surface area contributed by atoms with Gasteiger partial charge in [0.15, 0.2) is 5.69 Å². The highest BCUT2D eigenvalue weighted by Gasteiger charge is 2.26. The summed E-state index contributed by atoms with van der Waals surface area (Å²) >= 11 is 0. The van der Waals surface area contributed by atoms with Gasteiger partial charge in [0.1, 0.15) is 5.76 Å². The van der Waals surface area contributed by atoms with Gasteiger partial charge in [0.25, 0.3) is 5.91 Å². The zero-order chi connectivity index (χ0) is 19.3. The molecule has 0 aliphatic carbocycles. The maximum Gasteiger partial charge on any atom is 0.293 e. The van der Waals surface area contributed by atoms with E-state index < -0.39 is 5.91 Å². The van der Waals surface area contributed by atoms with Crippen molar-refractivity contribution in [2.24, 2.45) is 5.10 Å². The standard InChI is InChI=1S/C15H17N9O4/c16-13-14(21-28-20-13)24-11(9-23-3-6-26-7-4-23)12(18-22-24)15(25)19-17-8-10-2-1-5-27-10/h1-2,5,8H,3-4,6-7,9H2,(H2,16,20)(H,19,25)/b17-8+. The number of furan rings is 1. The molecule has 0 radical (unpaired) electrons. The van der Waals surface area contributed by atoms with Crippen molar-refractivity contribution in [2.45, 2.75) is 6.54 Å². The molecular formula is C15H17N9O4. The molecule has 0 unspecified atom stereocenters. The summed E-state index contributed by atoms with van der Waals surface area (Å²) < 4.78 is 16.5. The molecule has 0 aromatic carbocycles. The minimum Gasteiger partial charge on any atom is -0.463 e. The minimum absolute atomic E-state index is 0.0379. The number of nitrogen functional groups attached to an aromatic ring is 1. The van der Waals surface area contributed by atoms with Crippen LogP contribution in [0, 0.1) is 0 Å². The van der Waals surface area contributed by atoms with Gasteiger partial charge >= 0.3 is 0 Å². The first-order valence-corrected chi connectivity index (χ1v) is 8.42. The van der Waals surface area contributed by atoms with E-state index in [-0.39, 0.29) is 17.3 Å². The fourth-order valence-electron chi connectivity index (χ4n) is 2.67. The Balaban J connectivity index is 1.59. The number of anilines is 1. The Morgan fingerprint density at radius 3 is 2.93 bits per heavy atom. The summed E-state index contributed by atoms with van der Waals surface area (Å²) in [7, 11) is 0. The second-order valence-electron chi connectivity index (χ2n) is 5.87. The van der Waals surface area contributed by atoms with Gasteiger partial charge < -0.3 is 14.9 Å². The third kappa shape index (κ3) is 3.74. The van der Waals surface area contributed by atoms with Gasteiger partial charge in [0.05, 0.1) is 31.4 Å². The Bertz CT molecular complexity index is 956. The van der Waals surface area contributed by atoms with Crippen LogP contribution in [-0.4, -0.2) is 68.6 Å². The smallest absolute Gasteiger partial charge is 0.293 e. The van der Waals surface area contributed by atoms with Crippen molar-refractivity contribution in [3.8, 4) is 5.82 Å². The normalized spacial score (nSPS) is 15.3. The zero-order valence-electron chi connectivity index (χ0n) is 14.7. The van der Waals surface area contributed by atoms with E-state index >= 15 is 0 Å². The number of hydrazone groups is 1. The number of nitrogens with one attached hydrogen (secondary N) is 1. The lowest BCUT2D eigenvalue weighted by Crippen LogP contribution is -2.37. The molecule has 13 heteroatoms. The molecule has 3 aromatic heterocycles. The molecule has 0 atom stereocenters. The number of aromatic nitrogens is 5. The molecule has 13 nitrogen and oxygen atoms in total. The van der Waals surface area contributed by atoms with Crippen molar-refractivity contribution in [3.63, 3.8) is 0 Å². The molecular weight excluding hydrogens is 370 g/mol. The lowest BCUT2D eigenvalue weighted by molar-refractivity contribution is 0.0332. The van der Waals surface area contributed by atoms with Crippen molar-refractivity contribution in [1.82, 2.24) is 35.6 Å². The summed E-state index contributed by atoms with van der Waals surface area (Å²) in [5, 5.41) is 19.1. The number of ether oxygens (including phenoxy) is 1. The van der Waals surface area contributed by atoms with E-state index in [0.29, 0.717) is 44.3 Å².